The standard InChI is InChI=1S/C30H42O4/c1-10-12-17-34-28-24(19-22(29(3,4)5)20-25(28)30(6,7)8)23-18-21(13-15-26(23)32-9)14-16-27(31)33-11-2/h13-16,18-20H,10-12,17H2,1-9H3/b16-14+. The van der Waals surface area contributed by atoms with Gasteiger partial charge in [-0.25, -0.2) is 4.79 Å². The number of hydrogen-bond donors (Lipinski definition) is 0. The highest BCUT2D eigenvalue weighted by molar-refractivity contribution is 5.88. The van der Waals surface area contributed by atoms with Crippen molar-refractivity contribution in [3.63, 3.8) is 0 Å². The first-order valence-corrected chi connectivity index (χ1v) is 12.3. The molecule has 0 N–H and O–H groups in total. The minimum Gasteiger partial charge on any atom is -0.496 e. The van der Waals surface area contributed by atoms with Crippen LogP contribution in [0.2, 0.25) is 0 Å². The number of benzene rings is 2. The summed E-state index contributed by atoms with van der Waals surface area (Å²) in [6.07, 6.45) is 5.29. The van der Waals surface area contributed by atoms with Crippen LogP contribution in [0.3, 0.4) is 0 Å². The molecule has 4 nitrogen and oxygen atoms in total. The highest BCUT2D eigenvalue weighted by Crippen LogP contribution is 2.45. The maximum atomic E-state index is 11.9. The molecule has 0 aliphatic carbocycles. The van der Waals surface area contributed by atoms with Gasteiger partial charge in [-0.1, -0.05) is 67.0 Å². The summed E-state index contributed by atoms with van der Waals surface area (Å²) in [5, 5.41) is 0. The lowest BCUT2D eigenvalue weighted by atomic mass is 9.78. The van der Waals surface area contributed by atoms with Gasteiger partial charge in [-0.05, 0) is 59.6 Å². The minimum atomic E-state index is -0.354. The van der Waals surface area contributed by atoms with Crippen LogP contribution in [0.5, 0.6) is 11.5 Å². The Kier molecular flexibility index (Phi) is 9.37. The van der Waals surface area contributed by atoms with Gasteiger partial charge in [0.25, 0.3) is 0 Å². The van der Waals surface area contributed by atoms with Gasteiger partial charge in [-0.15, -0.1) is 0 Å². The SMILES string of the molecule is CCCCOc1c(-c2cc(/C=C/C(=O)OCC)ccc2OC)cc(C(C)(C)C)cc1C(C)(C)C. The number of rotatable bonds is 9. The monoisotopic (exact) mass is 466 g/mol. The van der Waals surface area contributed by atoms with Crippen LogP contribution in [0, 0.1) is 0 Å². The van der Waals surface area contributed by atoms with Crippen LogP contribution in [0.15, 0.2) is 36.4 Å². The number of ether oxygens (including phenoxy) is 3. The second-order valence-electron chi connectivity index (χ2n) is 10.6. The molecule has 0 fully saturated rings. The molecule has 0 aromatic heterocycles. The van der Waals surface area contributed by atoms with Crippen LogP contribution in [0.1, 0.15) is 84.9 Å². The van der Waals surface area contributed by atoms with Gasteiger partial charge in [0.2, 0.25) is 0 Å². The van der Waals surface area contributed by atoms with Crippen molar-refractivity contribution >= 4 is 12.0 Å². The summed E-state index contributed by atoms with van der Waals surface area (Å²) in [5.74, 6) is 1.31. The number of esters is 1. The zero-order valence-corrected chi connectivity index (χ0v) is 22.5. The number of carbonyl (C=O) groups is 1. The van der Waals surface area contributed by atoms with Crippen LogP contribution in [-0.2, 0) is 20.4 Å². The van der Waals surface area contributed by atoms with Gasteiger partial charge in [-0.3, -0.25) is 0 Å². The van der Waals surface area contributed by atoms with Crippen molar-refractivity contribution in [1.29, 1.82) is 0 Å². The van der Waals surface area contributed by atoms with Gasteiger partial charge in [0.15, 0.2) is 0 Å². The molecule has 0 saturated heterocycles. The predicted molar refractivity (Wildman–Crippen MR) is 142 cm³/mol. The van der Waals surface area contributed by atoms with E-state index in [1.54, 1.807) is 20.1 Å². The van der Waals surface area contributed by atoms with Crippen molar-refractivity contribution in [3.8, 4) is 22.6 Å². The normalized spacial score (nSPS) is 12.1. The molecule has 186 valence electrons. The van der Waals surface area contributed by atoms with E-state index in [1.807, 2.05) is 12.1 Å². The minimum absolute atomic E-state index is 0.0364. The summed E-state index contributed by atoms with van der Waals surface area (Å²) in [7, 11) is 1.68. The second kappa shape index (κ2) is 11.6. The van der Waals surface area contributed by atoms with Crippen LogP contribution in [-0.4, -0.2) is 26.3 Å². The summed E-state index contributed by atoms with van der Waals surface area (Å²) in [6.45, 7) is 18.3. The Labute approximate surface area is 206 Å². The molecule has 0 radical (unpaired) electrons. The van der Waals surface area contributed by atoms with Crippen molar-refractivity contribution in [2.75, 3.05) is 20.3 Å². The lowest BCUT2D eigenvalue weighted by molar-refractivity contribution is -0.137. The third-order valence-corrected chi connectivity index (χ3v) is 5.72. The Hall–Kier alpha value is -2.75. The predicted octanol–water partition coefficient (Wildman–Crippen LogP) is 7.71. The molecule has 0 aliphatic heterocycles. The molecule has 2 aromatic rings. The lowest BCUT2D eigenvalue weighted by Crippen LogP contribution is -2.19. The van der Waals surface area contributed by atoms with Crippen LogP contribution in [0.4, 0.5) is 0 Å². The summed E-state index contributed by atoms with van der Waals surface area (Å²) < 4.78 is 17.3. The first kappa shape index (κ1) is 27.5. The van der Waals surface area contributed by atoms with Gasteiger partial charge >= 0.3 is 5.97 Å². The largest absolute Gasteiger partial charge is 0.496 e. The van der Waals surface area contributed by atoms with Crippen molar-refractivity contribution in [1.82, 2.24) is 0 Å². The van der Waals surface area contributed by atoms with E-state index in [0.29, 0.717) is 13.2 Å². The zero-order valence-electron chi connectivity index (χ0n) is 22.5. The van der Waals surface area contributed by atoms with E-state index < -0.39 is 0 Å². The van der Waals surface area contributed by atoms with Gasteiger partial charge < -0.3 is 14.2 Å². The van der Waals surface area contributed by atoms with Crippen molar-refractivity contribution < 1.29 is 19.0 Å². The Morgan fingerprint density at radius 3 is 2.21 bits per heavy atom. The smallest absolute Gasteiger partial charge is 0.330 e. The molecule has 0 bridgehead atoms. The maximum Gasteiger partial charge on any atom is 0.330 e. The van der Waals surface area contributed by atoms with E-state index in [2.05, 4.69) is 66.7 Å². The Bertz CT molecular complexity index is 1000. The molecular weight excluding hydrogens is 424 g/mol. The lowest BCUT2D eigenvalue weighted by Gasteiger charge is -2.30. The number of hydrogen-bond acceptors (Lipinski definition) is 4. The van der Waals surface area contributed by atoms with E-state index in [1.165, 1.54) is 17.2 Å². The first-order valence-electron chi connectivity index (χ1n) is 12.3. The van der Waals surface area contributed by atoms with E-state index >= 15 is 0 Å². The molecule has 0 spiro atoms. The molecular formula is C30H42O4. The van der Waals surface area contributed by atoms with Gasteiger partial charge in [-0.2, -0.15) is 0 Å². The summed E-state index contributed by atoms with van der Waals surface area (Å²) in [6, 6.07) is 10.5. The second-order valence-corrected chi connectivity index (χ2v) is 10.6. The fraction of sp³-hybridized carbons (Fsp3) is 0.500. The average molecular weight is 467 g/mol. The van der Waals surface area contributed by atoms with E-state index in [0.717, 1.165) is 41.0 Å². The molecule has 2 aromatic carbocycles. The fourth-order valence-electron chi connectivity index (χ4n) is 3.69. The summed E-state index contributed by atoms with van der Waals surface area (Å²) >= 11 is 0. The van der Waals surface area contributed by atoms with Crippen molar-refractivity contribution in [2.45, 2.75) is 79.1 Å². The number of unbranched alkanes of at least 4 members (excludes halogenated alkanes) is 1. The number of methoxy groups -OCH3 is 1. The molecule has 0 amide bonds. The third-order valence-electron chi connectivity index (χ3n) is 5.72. The van der Waals surface area contributed by atoms with E-state index in [-0.39, 0.29) is 16.8 Å². The Morgan fingerprint density at radius 1 is 0.941 bits per heavy atom. The van der Waals surface area contributed by atoms with Crippen LogP contribution in [0.25, 0.3) is 17.2 Å². The fourth-order valence-corrected chi connectivity index (χ4v) is 3.69. The zero-order chi connectivity index (χ0) is 25.5. The average Bonchev–Trinajstić information content (AvgIpc) is 2.76. The topological polar surface area (TPSA) is 44.8 Å². The van der Waals surface area contributed by atoms with Crippen LogP contribution >= 0.6 is 0 Å². The molecule has 4 heteroatoms. The Balaban J connectivity index is 2.80. The van der Waals surface area contributed by atoms with Crippen molar-refractivity contribution in [2.24, 2.45) is 0 Å². The van der Waals surface area contributed by atoms with E-state index in [9.17, 15) is 4.79 Å². The van der Waals surface area contributed by atoms with Crippen molar-refractivity contribution in [3.05, 3.63) is 53.1 Å². The molecule has 34 heavy (non-hydrogen) atoms. The molecule has 2 rings (SSSR count). The van der Waals surface area contributed by atoms with Crippen LogP contribution < -0.4 is 9.47 Å². The van der Waals surface area contributed by atoms with Gasteiger partial charge in [0, 0.05) is 22.8 Å². The third kappa shape index (κ3) is 7.12. The molecule has 0 atom stereocenters. The molecule has 0 unspecified atom stereocenters. The molecule has 0 saturated carbocycles. The van der Waals surface area contributed by atoms with Gasteiger partial charge in [0.1, 0.15) is 11.5 Å². The number of carbonyl (C=O) groups excluding carboxylic acids is 1. The highest BCUT2D eigenvalue weighted by atomic mass is 16.5. The molecule has 0 aliphatic rings. The maximum absolute atomic E-state index is 11.9. The first-order chi connectivity index (χ1) is 15.9. The quantitative estimate of drug-likeness (QED) is 0.216. The van der Waals surface area contributed by atoms with Gasteiger partial charge in [0.05, 0.1) is 20.3 Å². The summed E-state index contributed by atoms with van der Waals surface area (Å²) in [4.78, 5) is 11.9. The highest BCUT2D eigenvalue weighted by Gasteiger charge is 2.27. The molecule has 0 heterocycles. The Morgan fingerprint density at radius 2 is 1.65 bits per heavy atom. The van der Waals surface area contributed by atoms with E-state index in [4.69, 9.17) is 14.2 Å². The summed E-state index contributed by atoms with van der Waals surface area (Å²) in [5.41, 5.74) is 5.12.